The van der Waals surface area contributed by atoms with Crippen molar-refractivity contribution >= 4 is 57.4 Å². The third-order valence-corrected chi connectivity index (χ3v) is 7.74. The van der Waals surface area contributed by atoms with Crippen LogP contribution in [0.3, 0.4) is 0 Å². The smallest absolute Gasteiger partial charge is 0.342 e. The van der Waals surface area contributed by atoms with Crippen molar-refractivity contribution in [3.05, 3.63) is 39.2 Å². The summed E-state index contributed by atoms with van der Waals surface area (Å²) in [7, 11) is 0. The molecule has 1 amide bonds. The number of rotatable bonds is 6. The lowest BCUT2D eigenvalue weighted by molar-refractivity contribution is -0.148. The van der Waals surface area contributed by atoms with Crippen LogP contribution in [-0.2, 0) is 14.3 Å². The number of carbonyl (C=O) groups excluding carboxylic acids is 2. The van der Waals surface area contributed by atoms with Crippen molar-refractivity contribution < 1.29 is 24.2 Å². The number of anilines is 1. The Morgan fingerprint density at radius 1 is 1.12 bits per heavy atom. The first-order valence-corrected chi connectivity index (χ1v) is 12.1. The SMILES string of the molecule is CC(C)OC(=O)c1c(-c2ccc(Cl)cc2Cl)csc1NC(=O)C1C2CCC(C2)C1C(=O)O. The summed E-state index contributed by atoms with van der Waals surface area (Å²) in [5.41, 5.74) is 1.32. The highest BCUT2D eigenvalue weighted by molar-refractivity contribution is 7.15. The van der Waals surface area contributed by atoms with Crippen LogP contribution in [0.4, 0.5) is 5.00 Å². The molecule has 2 fully saturated rings. The molecular weight excluding hydrogens is 473 g/mol. The number of benzene rings is 1. The molecule has 2 aromatic rings. The van der Waals surface area contributed by atoms with E-state index in [4.69, 9.17) is 27.9 Å². The molecule has 1 aromatic carbocycles. The van der Waals surface area contributed by atoms with Gasteiger partial charge in [-0.25, -0.2) is 4.79 Å². The van der Waals surface area contributed by atoms with Crippen molar-refractivity contribution in [2.24, 2.45) is 23.7 Å². The zero-order valence-electron chi connectivity index (χ0n) is 17.6. The van der Waals surface area contributed by atoms with Gasteiger partial charge in [0, 0.05) is 26.6 Å². The Bertz CT molecular complexity index is 1080. The van der Waals surface area contributed by atoms with Gasteiger partial charge in [-0.05, 0) is 57.1 Å². The largest absolute Gasteiger partial charge is 0.481 e. The normalized spacial score (nSPS) is 24.0. The lowest BCUT2D eigenvalue weighted by atomic mass is 9.78. The second kappa shape index (κ2) is 9.04. The number of fused-ring (bicyclic) bond motifs is 2. The molecule has 32 heavy (non-hydrogen) atoms. The number of carboxylic acids is 1. The van der Waals surface area contributed by atoms with Gasteiger partial charge in [0.25, 0.3) is 0 Å². The molecule has 170 valence electrons. The van der Waals surface area contributed by atoms with Gasteiger partial charge in [0.15, 0.2) is 0 Å². The number of carbonyl (C=O) groups is 3. The predicted molar refractivity (Wildman–Crippen MR) is 124 cm³/mol. The van der Waals surface area contributed by atoms with Gasteiger partial charge in [0.1, 0.15) is 10.6 Å². The van der Waals surface area contributed by atoms with Gasteiger partial charge >= 0.3 is 11.9 Å². The molecule has 4 rings (SSSR count). The van der Waals surface area contributed by atoms with Crippen molar-refractivity contribution in [1.29, 1.82) is 0 Å². The summed E-state index contributed by atoms with van der Waals surface area (Å²) in [5, 5.41) is 15.4. The number of ether oxygens (including phenoxy) is 1. The van der Waals surface area contributed by atoms with E-state index >= 15 is 0 Å². The average molecular weight is 496 g/mol. The highest BCUT2D eigenvalue weighted by Gasteiger charge is 2.54. The third kappa shape index (κ3) is 4.26. The van der Waals surface area contributed by atoms with Crippen LogP contribution < -0.4 is 5.32 Å². The first-order chi connectivity index (χ1) is 15.2. The molecule has 9 heteroatoms. The number of esters is 1. The minimum absolute atomic E-state index is 0.0328. The fraction of sp³-hybridized carbons (Fsp3) is 0.435. The predicted octanol–water partition coefficient (Wildman–Crippen LogP) is 5.97. The summed E-state index contributed by atoms with van der Waals surface area (Å²) in [5.74, 6) is -3.09. The number of thiophene rings is 1. The lowest BCUT2D eigenvalue weighted by Crippen LogP contribution is -2.38. The van der Waals surface area contributed by atoms with Crippen LogP contribution in [0, 0.1) is 23.7 Å². The quantitative estimate of drug-likeness (QED) is 0.481. The van der Waals surface area contributed by atoms with E-state index in [1.54, 1.807) is 37.4 Å². The molecule has 0 radical (unpaired) electrons. The molecule has 1 heterocycles. The number of hydrogen-bond donors (Lipinski definition) is 2. The molecule has 2 aliphatic carbocycles. The van der Waals surface area contributed by atoms with Crippen LogP contribution in [0.1, 0.15) is 43.5 Å². The van der Waals surface area contributed by atoms with Crippen molar-refractivity contribution in [2.75, 3.05) is 5.32 Å². The summed E-state index contributed by atoms with van der Waals surface area (Å²) >= 11 is 13.6. The third-order valence-electron chi connectivity index (χ3n) is 6.30. The highest BCUT2D eigenvalue weighted by atomic mass is 35.5. The maximum atomic E-state index is 13.2. The maximum absolute atomic E-state index is 13.2. The Balaban J connectivity index is 1.69. The molecule has 2 aliphatic rings. The standard InChI is InChI=1S/C23H23Cl2NO5S/c1-10(2)31-23(30)19-15(14-6-5-13(24)8-16(14)25)9-32-21(19)26-20(27)17-11-3-4-12(7-11)18(17)22(28)29/h5-6,8-12,17-18H,3-4,7H2,1-2H3,(H,26,27)(H,28,29). The number of nitrogens with one attached hydrogen (secondary N) is 1. The minimum atomic E-state index is -0.934. The molecule has 1 aromatic heterocycles. The van der Waals surface area contributed by atoms with Crippen LogP contribution >= 0.6 is 34.5 Å². The monoisotopic (exact) mass is 495 g/mol. The Labute approximate surface area is 199 Å². The fourth-order valence-electron chi connectivity index (χ4n) is 5.05. The molecule has 2 saturated carbocycles. The van der Waals surface area contributed by atoms with Crippen LogP contribution in [0.5, 0.6) is 0 Å². The van der Waals surface area contributed by atoms with E-state index in [0.29, 0.717) is 26.2 Å². The summed E-state index contributed by atoms with van der Waals surface area (Å²) in [6, 6.07) is 4.96. The molecule has 2 N–H and O–H groups in total. The Morgan fingerprint density at radius 2 is 1.81 bits per heavy atom. The van der Waals surface area contributed by atoms with E-state index < -0.39 is 23.8 Å². The molecule has 4 atom stereocenters. The summed E-state index contributed by atoms with van der Waals surface area (Å²) in [6.45, 7) is 3.48. The van der Waals surface area contributed by atoms with E-state index in [0.717, 1.165) is 19.3 Å². The lowest BCUT2D eigenvalue weighted by Gasteiger charge is -2.27. The van der Waals surface area contributed by atoms with Gasteiger partial charge in [0.05, 0.1) is 17.9 Å². The maximum Gasteiger partial charge on any atom is 0.342 e. The molecule has 4 unspecified atom stereocenters. The first-order valence-electron chi connectivity index (χ1n) is 10.5. The van der Waals surface area contributed by atoms with E-state index in [1.165, 1.54) is 11.3 Å². The van der Waals surface area contributed by atoms with Crippen molar-refractivity contribution in [3.8, 4) is 11.1 Å². The van der Waals surface area contributed by atoms with Gasteiger partial charge in [-0.2, -0.15) is 0 Å². The molecule has 0 aliphatic heterocycles. The zero-order valence-corrected chi connectivity index (χ0v) is 19.9. The van der Waals surface area contributed by atoms with Crippen LogP contribution in [-0.4, -0.2) is 29.1 Å². The highest BCUT2D eigenvalue weighted by Crippen LogP contribution is 2.53. The number of aliphatic carboxylic acids is 1. The van der Waals surface area contributed by atoms with Gasteiger partial charge in [0.2, 0.25) is 5.91 Å². The second-order valence-electron chi connectivity index (χ2n) is 8.64. The zero-order chi connectivity index (χ0) is 23.2. The van der Waals surface area contributed by atoms with Gasteiger partial charge in [-0.15, -0.1) is 11.3 Å². The van der Waals surface area contributed by atoms with Gasteiger partial charge in [-0.1, -0.05) is 29.3 Å². The topological polar surface area (TPSA) is 92.7 Å². The Morgan fingerprint density at radius 3 is 2.44 bits per heavy atom. The van der Waals surface area contributed by atoms with E-state index in [9.17, 15) is 19.5 Å². The second-order valence-corrected chi connectivity index (χ2v) is 10.4. The molecular formula is C23H23Cl2NO5S. The van der Waals surface area contributed by atoms with Crippen molar-refractivity contribution in [3.63, 3.8) is 0 Å². The summed E-state index contributed by atoms with van der Waals surface area (Å²) in [6.07, 6.45) is 2.09. The van der Waals surface area contributed by atoms with Crippen LogP contribution in [0.25, 0.3) is 11.1 Å². The number of amides is 1. The number of hydrogen-bond acceptors (Lipinski definition) is 5. The first kappa shape index (κ1) is 23.1. The molecule has 6 nitrogen and oxygen atoms in total. The molecule has 2 bridgehead atoms. The van der Waals surface area contributed by atoms with E-state index in [2.05, 4.69) is 5.32 Å². The fourth-order valence-corrected chi connectivity index (χ4v) is 6.51. The van der Waals surface area contributed by atoms with Crippen LogP contribution in [0.2, 0.25) is 10.0 Å². The van der Waals surface area contributed by atoms with Crippen LogP contribution in [0.15, 0.2) is 23.6 Å². The minimum Gasteiger partial charge on any atom is -0.481 e. The number of carboxylic acid groups (broad SMARTS) is 1. The summed E-state index contributed by atoms with van der Waals surface area (Å²) in [4.78, 5) is 38.0. The molecule has 0 saturated heterocycles. The van der Waals surface area contributed by atoms with Gasteiger partial charge in [-0.3, -0.25) is 9.59 Å². The average Bonchev–Trinajstić information content (AvgIpc) is 3.41. The Hall–Kier alpha value is -2.09. The Kier molecular flexibility index (Phi) is 6.52. The van der Waals surface area contributed by atoms with E-state index in [1.807, 2.05) is 0 Å². The van der Waals surface area contributed by atoms with E-state index in [-0.39, 0.29) is 29.4 Å². The van der Waals surface area contributed by atoms with Crippen molar-refractivity contribution in [1.82, 2.24) is 0 Å². The van der Waals surface area contributed by atoms with Gasteiger partial charge < -0.3 is 15.2 Å². The molecule has 0 spiro atoms. The van der Waals surface area contributed by atoms with Crippen molar-refractivity contribution in [2.45, 2.75) is 39.2 Å². The number of halogens is 2. The summed E-state index contributed by atoms with van der Waals surface area (Å²) < 4.78 is 5.43.